The maximum atomic E-state index is 12.5. The minimum absolute atomic E-state index is 0.495. The van der Waals surface area contributed by atoms with Crippen LogP contribution in [0.4, 0.5) is 4.39 Å². The Kier molecular flexibility index (Phi) is 2.16. The summed E-state index contributed by atoms with van der Waals surface area (Å²) in [5.74, 6) is -0.495. The van der Waals surface area contributed by atoms with Crippen molar-refractivity contribution < 1.29 is 4.39 Å². The fourth-order valence-electron chi connectivity index (χ4n) is 0.802. The van der Waals surface area contributed by atoms with Gasteiger partial charge in [-0.1, -0.05) is 25.3 Å². The summed E-state index contributed by atoms with van der Waals surface area (Å²) in [7, 11) is 0. The topological polar surface area (TPSA) is 12.9 Å². The summed E-state index contributed by atoms with van der Waals surface area (Å²) in [6.07, 6.45) is 4.62. The third-order valence-electron chi connectivity index (χ3n) is 1.37. The lowest BCUT2D eigenvalue weighted by Gasteiger charge is -1.97. The molecule has 0 amide bonds. The zero-order valence-corrected chi connectivity index (χ0v) is 6.05. The number of nitrogens with zero attached hydrogens (tertiary/aromatic N) is 1. The van der Waals surface area contributed by atoms with E-state index in [9.17, 15) is 4.39 Å². The Labute approximate surface area is 64.9 Å². The van der Waals surface area contributed by atoms with Crippen LogP contribution in [0.2, 0.25) is 0 Å². The van der Waals surface area contributed by atoms with Crippen LogP contribution in [0.15, 0.2) is 25.4 Å². The van der Waals surface area contributed by atoms with E-state index in [-0.39, 0.29) is 0 Å². The lowest BCUT2D eigenvalue weighted by Crippen LogP contribution is -1.86. The zero-order valence-electron chi connectivity index (χ0n) is 6.05. The fraction of sp³-hybridized carbons (Fsp3) is 0. The summed E-state index contributed by atoms with van der Waals surface area (Å²) in [6, 6.07) is 1.32. The monoisotopic (exact) mass is 149 g/mol. The maximum absolute atomic E-state index is 12.5. The highest BCUT2D eigenvalue weighted by atomic mass is 19.1. The Balaban J connectivity index is 3.26. The number of halogens is 1. The second-order valence-corrected chi connectivity index (χ2v) is 2.04. The van der Waals surface area contributed by atoms with Crippen molar-refractivity contribution in [3.63, 3.8) is 0 Å². The standard InChI is InChI=1S/C9H8FN/c1-3-7-5-9(10)11-6-8(7)4-2/h3-6H,1-2H2. The molecule has 1 aromatic rings. The van der Waals surface area contributed by atoms with Gasteiger partial charge in [-0.3, -0.25) is 0 Å². The summed E-state index contributed by atoms with van der Waals surface area (Å²) in [4.78, 5) is 3.47. The SMILES string of the molecule is C=Cc1cnc(F)cc1C=C. The molecule has 0 atom stereocenters. The van der Waals surface area contributed by atoms with Crippen molar-refractivity contribution in [2.75, 3.05) is 0 Å². The number of aromatic nitrogens is 1. The molecule has 0 radical (unpaired) electrons. The third-order valence-corrected chi connectivity index (χ3v) is 1.37. The molecule has 11 heavy (non-hydrogen) atoms. The van der Waals surface area contributed by atoms with Crippen LogP contribution in [0.3, 0.4) is 0 Å². The lowest BCUT2D eigenvalue weighted by molar-refractivity contribution is 0.583. The van der Waals surface area contributed by atoms with Gasteiger partial charge in [0.05, 0.1) is 0 Å². The van der Waals surface area contributed by atoms with Gasteiger partial charge in [0.1, 0.15) is 0 Å². The van der Waals surface area contributed by atoms with E-state index in [2.05, 4.69) is 18.1 Å². The van der Waals surface area contributed by atoms with E-state index in [0.717, 1.165) is 5.56 Å². The molecule has 1 rings (SSSR count). The van der Waals surface area contributed by atoms with E-state index in [0.29, 0.717) is 5.56 Å². The van der Waals surface area contributed by atoms with Crippen molar-refractivity contribution in [3.8, 4) is 0 Å². The van der Waals surface area contributed by atoms with Gasteiger partial charge in [-0.05, 0) is 11.1 Å². The molecule has 1 nitrogen and oxygen atoms in total. The van der Waals surface area contributed by atoms with Gasteiger partial charge in [0.2, 0.25) is 5.95 Å². The fourth-order valence-corrected chi connectivity index (χ4v) is 0.802. The van der Waals surface area contributed by atoms with Gasteiger partial charge < -0.3 is 0 Å². The largest absolute Gasteiger partial charge is 0.228 e. The van der Waals surface area contributed by atoms with Crippen LogP contribution in [-0.4, -0.2) is 4.98 Å². The molecule has 0 aliphatic heterocycles. The van der Waals surface area contributed by atoms with Gasteiger partial charge in [0.25, 0.3) is 0 Å². The predicted octanol–water partition coefficient (Wildman–Crippen LogP) is 2.51. The first-order valence-corrected chi connectivity index (χ1v) is 3.18. The molecule has 1 heterocycles. The van der Waals surface area contributed by atoms with Crippen molar-refractivity contribution >= 4 is 12.2 Å². The average Bonchev–Trinajstić information content (AvgIpc) is 2.04. The summed E-state index contributed by atoms with van der Waals surface area (Å²) < 4.78 is 12.5. The first kappa shape index (κ1) is 7.66. The van der Waals surface area contributed by atoms with Gasteiger partial charge in [-0.15, -0.1) is 0 Å². The van der Waals surface area contributed by atoms with Crippen LogP contribution >= 0.6 is 0 Å². The van der Waals surface area contributed by atoms with Crippen molar-refractivity contribution in [1.82, 2.24) is 4.98 Å². The van der Waals surface area contributed by atoms with Crippen LogP contribution in [0.5, 0.6) is 0 Å². The molecule has 0 unspecified atom stereocenters. The molecule has 0 aliphatic rings. The van der Waals surface area contributed by atoms with E-state index in [1.165, 1.54) is 12.3 Å². The summed E-state index contributed by atoms with van der Waals surface area (Å²) >= 11 is 0. The first-order chi connectivity index (χ1) is 5.27. The maximum Gasteiger partial charge on any atom is 0.213 e. The lowest BCUT2D eigenvalue weighted by atomic mass is 10.1. The molecular weight excluding hydrogens is 141 g/mol. The first-order valence-electron chi connectivity index (χ1n) is 3.18. The van der Waals surface area contributed by atoms with Crippen LogP contribution in [0.25, 0.3) is 12.2 Å². The number of rotatable bonds is 2. The van der Waals surface area contributed by atoms with Crippen LogP contribution < -0.4 is 0 Å². The average molecular weight is 149 g/mol. The minimum atomic E-state index is -0.495. The van der Waals surface area contributed by atoms with Gasteiger partial charge in [0, 0.05) is 12.3 Å². The molecule has 0 fully saturated rings. The number of hydrogen-bond acceptors (Lipinski definition) is 1. The molecule has 0 saturated carbocycles. The van der Waals surface area contributed by atoms with E-state index < -0.39 is 5.95 Å². The van der Waals surface area contributed by atoms with E-state index in [1.807, 2.05) is 0 Å². The van der Waals surface area contributed by atoms with E-state index >= 15 is 0 Å². The Morgan fingerprint density at radius 1 is 1.27 bits per heavy atom. The van der Waals surface area contributed by atoms with Crippen LogP contribution in [0, 0.1) is 5.95 Å². The molecule has 0 aliphatic carbocycles. The number of hydrogen-bond donors (Lipinski definition) is 0. The molecular formula is C9H8FN. The molecule has 56 valence electrons. The number of pyridine rings is 1. The summed E-state index contributed by atoms with van der Waals surface area (Å²) in [5.41, 5.74) is 1.51. The molecule has 0 N–H and O–H groups in total. The van der Waals surface area contributed by atoms with E-state index in [4.69, 9.17) is 0 Å². The Morgan fingerprint density at radius 2 is 1.91 bits per heavy atom. The molecule has 0 bridgehead atoms. The Bertz CT molecular complexity index is 292. The second-order valence-electron chi connectivity index (χ2n) is 2.04. The third kappa shape index (κ3) is 1.52. The molecule has 0 spiro atoms. The zero-order chi connectivity index (χ0) is 8.27. The molecule has 1 aromatic heterocycles. The highest BCUT2D eigenvalue weighted by molar-refractivity contribution is 5.62. The molecule has 2 heteroatoms. The quantitative estimate of drug-likeness (QED) is 0.589. The van der Waals surface area contributed by atoms with Crippen molar-refractivity contribution in [1.29, 1.82) is 0 Å². The normalized spacial score (nSPS) is 9.18. The van der Waals surface area contributed by atoms with Crippen LogP contribution in [-0.2, 0) is 0 Å². The Hall–Kier alpha value is -1.44. The predicted molar refractivity (Wildman–Crippen MR) is 44.4 cm³/mol. The van der Waals surface area contributed by atoms with Crippen molar-refractivity contribution in [2.45, 2.75) is 0 Å². The van der Waals surface area contributed by atoms with Gasteiger partial charge >= 0.3 is 0 Å². The minimum Gasteiger partial charge on any atom is -0.228 e. The highest BCUT2D eigenvalue weighted by Gasteiger charge is 1.97. The second kappa shape index (κ2) is 3.10. The van der Waals surface area contributed by atoms with Gasteiger partial charge in [-0.25, -0.2) is 4.98 Å². The summed E-state index contributed by atoms with van der Waals surface area (Å²) in [6.45, 7) is 7.10. The Morgan fingerprint density at radius 3 is 2.45 bits per heavy atom. The van der Waals surface area contributed by atoms with Gasteiger partial charge in [-0.2, -0.15) is 4.39 Å². The smallest absolute Gasteiger partial charge is 0.213 e. The van der Waals surface area contributed by atoms with Gasteiger partial charge in [0.15, 0.2) is 0 Å². The molecule has 0 aromatic carbocycles. The molecule has 0 saturated heterocycles. The van der Waals surface area contributed by atoms with E-state index in [1.54, 1.807) is 12.2 Å². The van der Waals surface area contributed by atoms with Crippen molar-refractivity contribution in [2.24, 2.45) is 0 Å². The summed E-state index contributed by atoms with van der Waals surface area (Å²) in [5, 5.41) is 0. The van der Waals surface area contributed by atoms with Crippen molar-refractivity contribution in [3.05, 3.63) is 42.5 Å². The highest BCUT2D eigenvalue weighted by Crippen LogP contribution is 2.10. The van der Waals surface area contributed by atoms with Crippen LogP contribution in [0.1, 0.15) is 11.1 Å².